The molecule has 0 bridgehead atoms. The molecule has 0 unspecified atom stereocenters. The molecule has 2 aromatic carbocycles. The minimum absolute atomic E-state index is 0.0286. The highest BCUT2D eigenvalue weighted by atomic mass is 79.9. The average Bonchev–Trinajstić information content (AvgIpc) is 3.08. The van der Waals surface area contributed by atoms with Crippen molar-refractivity contribution in [3.05, 3.63) is 62.6 Å². The molecule has 0 amide bonds. The van der Waals surface area contributed by atoms with E-state index in [1.54, 1.807) is 0 Å². The summed E-state index contributed by atoms with van der Waals surface area (Å²) in [6.45, 7) is 11.9. The van der Waals surface area contributed by atoms with Crippen molar-refractivity contribution in [1.82, 2.24) is 0 Å². The normalized spacial score (nSPS) is 21.3. The van der Waals surface area contributed by atoms with Crippen LogP contribution >= 0.6 is 27.5 Å². The van der Waals surface area contributed by atoms with E-state index >= 15 is 0 Å². The minimum atomic E-state index is -0.509. The number of ether oxygens (including phenoxy) is 6. The highest BCUT2D eigenvalue weighted by Crippen LogP contribution is 2.47. The summed E-state index contributed by atoms with van der Waals surface area (Å²) in [7, 11) is 0. The first kappa shape index (κ1) is 40.2. The van der Waals surface area contributed by atoms with Crippen molar-refractivity contribution in [1.29, 1.82) is 0 Å². The molecule has 0 spiro atoms. The molecule has 1 saturated heterocycles. The third kappa shape index (κ3) is 12.6. The SMILES string of the molecule is CCCCOC[C@H]1O[C@@H](c2cc(Cc3ccccc3)c(Cl)c(OCCCO)c2Br)[C@H](OCCCC)[C@@H](OCCCC)[C@@H]1OCCCC. The van der Waals surface area contributed by atoms with Crippen molar-refractivity contribution in [2.45, 2.75) is 122 Å². The maximum absolute atomic E-state index is 9.48. The van der Waals surface area contributed by atoms with Crippen LogP contribution in [0.5, 0.6) is 5.75 Å². The quantitative estimate of drug-likeness (QED) is 0.108. The molecule has 1 heterocycles. The smallest absolute Gasteiger partial charge is 0.152 e. The fourth-order valence-electron chi connectivity index (χ4n) is 5.61. The van der Waals surface area contributed by atoms with Gasteiger partial charge in [0.1, 0.15) is 30.5 Å². The number of hydrogen-bond acceptors (Lipinski definition) is 7. The van der Waals surface area contributed by atoms with Crippen LogP contribution in [0.1, 0.15) is 108 Å². The van der Waals surface area contributed by atoms with Crippen LogP contribution in [0.15, 0.2) is 40.9 Å². The van der Waals surface area contributed by atoms with Gasteiger partial charge in [-0.3, -0.25) is 0 Å². The Hall–Kier alpha value is -1.23. The summed E-state index contributed by atoms with van der Waals surface area (Å²) in [6, 6.07) is 12.4. The van der Waals surface area contributed by atoms with Gasteiger partial charge in [0.05, 0.1) is 22.7 Å². The molecule has 266 valence electrons. The third-order valence-electron chi connectivity index (χ3n) is 8.34. The first-order valence-corrected chi connectivity index (χ1v) is 19.0. The van der Waals surface area contributed by atoms with E-state index < -0.39 is 12.2 Å². The van der Waals surface area contributed by atoms with Crippen molar-refractivity contribution in [2.75, 3.05) is 46.2 Å². The van der Waals surface area contributed by atoms with E-state index in [0.29, 0.717) is 63.3 Å². The molecule has 1 fully saturated rings. The first-order valence-electron chi connectivity index (χ1n) is 17.9. The molecule has 0 aliphatic carbocycles. The monoisotopic (exact) mass is 740 g/mol. The van der Waals surface area contributed by atoms with Crippen molar-refractivity contribution < 1.29 is 33.5 Å². The predicted molar refractivity (Wildman–Crippen MR) is 193 cm³/mol. The molecule has 0 radical (unpaired) electrons. The molecule has 47 heavy (non-hydrogen) atoms. The molecule has 1 N–H and O–H groups in total. The summed E-state index contributed by atoms with van der Waals surface area (Å²) in [4.78, 5) is 0. The Morgan fingerprint density at radius 3 is 1.98 bits per heavy atom. The standard InChI is InChI=1S/C38H58BrClO7/c1-5-9-20-42-27-31-35(43-21-10-6-2)38(46-23-12-8-4)37(45-22-11-7-3)34(47-31)30-26-29(25-28-17-14-13-15-18-28)33(40)36(32(30)39)44-24-16-19-41/h13-15,17-18,26,31,34-35,37-38,41H,5-12,16,19-25,27H2,1-4H3/t31-,34+,35-,37+,38+/m1/s1. The van der Waals surface area contributed by atoms with Gasteiger partial charge in [-0.05, 0) is 65.2 Å². The number of hydrogen-bond donors (Lipinski definition) is 1. The van der Waals surface area contributed by atoms with Crippen molar-refractivity contribution in [3.8, 4) is 5.75 Å². The number of benzene rings is 2. The molecule has 2 aromatic rings. The van der Waals surface area contributed by atoms with Gasteiger partial charge in [-0.1, -0.05) is 95.3 Å². The summed E-state index contributed by atoms with van der Waals surface area (Å²) in [5.74, 6) is 0.542. The Bertz CT molecular complexity index is 1120. The zero-order valence-corrected chi connectivity index (χ0v) is 31.4. The van der Waals surface area contributed by atoms with E-state index in [-0.39, 0.29) is 24.9 Å². The van der Waals surface area contributed by atoms with E-state index in [4.69, 9.17) is 40.0 Å². The molecule has 9 heteroatoms. The van der Waals surface area contributed by atoms with Gasteiger partial charge >= 0.3 is 0 Å². The summed E-state index contributed by atoms with van der Waals surface area (Å²) in [5.41, 5.74) is 2.94. The van der Waals surface area contributed by atoms with E-state index in [1.807, 2.05) is 18.2 Å². The van der Waals surface area contributed by atoms with Crippen molar-refractivity contribution >= 4 is 27.5 Å². The molecular weight excluding hydrogens is 684 g/mol. The number of aliphatic hydroxyl groups excluding tert-OH is 1. The van der Waals surface area contributed by atoms with Crippen LogP contribution < -0.4 is 4.74 Å². The maximum Gasteiger partial charge on any atom is 0.152 e. The molecule has 3 rings (SSSR count). The molecule has 0 aromatic heterocycles. The number of halogens is 2. The summed E-state index contributed by atoms with van der Waals surface area (Å²) in [6.07, 6.45) is 7.00. The Morgan fingerprint density at radius 1 is 0.766 bits per heavy atom. The number of unbranched alkanes of at least 4 members (excludes halogenated alkanes) is 4. The first-order chi connectivity index (χ1) is 23.0. The van der Waals surface area contributed by atoms with Crippen LogP contribution in [0.2, 0.25) is 5.02 Å². The van der Waals surface area contributed by atoms with Crippen LogP contribution in [0.3, 0.4) is 0 Å². The molecular formula is C38H58BrClO7. The third-order valence-corrected chi connectivity index (χ3v) is 9.57. The Balaban J connectivity index is 2.15. The van der Waals surface area contributed by atoms with Gasteiger partial charge in [0.25, 0.3) is 0 Å². The van der Waals surface area contributed by atoms with Gasteiger partial charge in [-0.25, -0.2) is 0 Å². The minimum Gasteiger partial charge on any atom is -0.491 e. The lowest BCUT2D eigenvalue weighted by molar-refractivity contribution is -0.268. The van der Waals surface area contributed by atoms with E-state index in [1.165, 1.54) is 0 Å². The molecule has 1 aliphatic rings. The van der Waals surface area contributed by atoms with Gasteiger partial charge in [-0.2, -0.15) is 0 Å². The number of rotatable bonds is 24. The Labute approximate surface area is 297 Å². The van der Waals surface area contributed by atoms with Crippen LogP contribution in [0.4, 0.5) is 0 Å². The second-order valence-electron chi connectivity index (χ2n) is 12.3. The van der Waals surface area contributed by atoms with Crippen LogP contribution in [-0.2, 0) is 30.1 Å². The summed E-state index contributed by atoms with van der Waals surface area (Å²) in [5, 5.41) is 10.0. The van der Waals surface area contributed by atoms with Gasteiger partial charge in [-0.15, -0.1) is 0 Å². The van der Waals surface area contributed by atoms with Crippen LogP contribution in [-0.4, -0.2) is 75.8 Å². The predicted octanol–water partition coefficient (Wildman–Crippen LogP) is 9.27. The number of aliphatic hydroxyl groups is 1. The van der Waals surface area contributed by atoms with Crippen molar-refractivity contribution in [2.24, 2.45) is 0 Å². The highest BCUT2D eigenvalue weighted by Gasteiger charge is 2.49. The topological polar surface area (TPSA) is 75.6 Å². The van der Waals surface area contributed by atoms with Gasteiger partial charge in [0, 0.05) is 45.0 Å². The van der Waals surface area contributed by atoms with E-state index in [0.717, 1.165) is 72.5 Å². The molecule has 1 aliphatic heterocycles. The lowest BCUT2D eigenvalue weighted by Gasteiger charge is -2.47. The zero-order valence-electron chi connectivity index (χ0n) is 29.0. The second-order valence-corrected chi connectivity index (χ2v) is 13.4. The maximum atomic E-state index is 9.48. The van der Waals surface area contributed by atoms with Crippen LogP contribution in [0, 0.1) is 0 Å². The van der Waals surface area contributed by atoms with Crippen LogP contribution in [0.25, 0.3) is 0 Å². The fourth-order valence-corrected chi connectivity index (χ4v) is 6.65. The Morgan fingerprint density at radius 2 is 1.36 bits per heavy atom. The average molecular weight is 742 g/mol. The Kier molecular flexibility index (Phi) is 19.9. The molecule has 7 nitrogen and oxygen atoms in total. The second kappa shape index (κ2) is 23.2. The van der Waals surface area contributed by atoms with Gasteiger partial charge in [0.2, 0.25) is 0 Å². The molecule has 0 saturated carbocycles. The molecule has 5 atom stereocenters. The van der Waals surface area contributed by atoms with Gasteiger partial charge < -0.3 is 33.5 Å². The zero-order chi connectivity index (χ0) is 33.9. The summed E-state index contributed by atoms with van der Waals surface area (Å²) < 4.78 is 40.3. The van der Waals surface area contributed by atoms with Crippen molar-refractivity contribution in [3.63, 3.8) is 0 Å². The fraction of sp³-hybridized carbons (Fsp3) is 0.684. The largest absolute Gasteiger partial charge is 0.491 e. The van der Waals surface area contributed by atoms with E-state index in [9.17, 15) is 5.11 Å². The summed E-state index contributed by atoms with van der Waals surface area (Å²) >= 11 is 11.0. The van der Waals surface area contributed by atoms with Gasteiger partial charge in [0.15, 0.2) is 5.75 Å². The van der Waals surface area contributed by atoms with E-state index in [2.05, 4.69) is 61.8 Å². The highest BCUT2D eigenvalue weighted by molar-refractivity contribution is 9.10. The lowest BCUT2D eigenvalue weighted by atomic mass is 9.89. The lowest BCUT2D eigenvalue weighted by Crippen LogP contribution is -2.58.